The quantitative estimate of drug-likeness (QED) is 0.178. The summed E-state index contributed by atoms with van der Waals surface area (Å²) >= 11 is 6.43. The van der Waals surface area contributed by atoms with E-state index in [4.69, 9.17) is 16.3 Å². The molecule has 224 valence electrons. The van der Waals surface area contributed by atoms with Gasteiger partial charge in [-0.2, -0.15) is 4.98 Å². The lowest BCUT2D eigenvalue weighted by Crippen LogP contribution is -2.23. The molecule has 4 aromatic rings. The number of para-hydroxylation sites is 1. The highest BCUT2D eigenvalue weighted by Gasteiger charge is 2.23. The van der Waals surface area contributed by atoms with Gasteiger partial charge in [-0.3, -0.25) is 0 Å². The fraction of sp³-hybridized carbons (Fsp3) is 0.400. The van der Waals surface area contributed by atoms with Crippen LogP contribution in [0.5, 0.6) is 11.6 Å². The van der Waals surface area contributed by atoms with Gasteiger partial charge in [-0.1, -0.05) is 23.7 Å². The Balaban J connectivity index is 1.46. The average Bonchev–Trinajstić information content (AvgIpc) is 3.57. The van der Waals surface area contributed by atoms with E-state index in [2.05, 4.69) is 25.5 Å². The van der Waals surface area contributed by atoms with E-state index in [-0.39, 0.29) is 33.7 Å². The maximum atomic E-state index is 12.9. The minimum Gasteiger partial charge on any atom is -0.494 e. The molecule has 5 rings (SSSR count). The molecule has 0 atom stereocenters. The number of nitrogens with zero attached hydrogens (tertiary/aromatic N) is 4. The van der Waals surface area contributed by atoms with E-state index in [0.717, 1.165) is 25.0 Å². The van der Waals surface area contributed by atoms with Gasteiger partial charge in [-0.15, -0.1) is 0 Å². The summed E-state index contributed by atoms with van der Waals surface area (Å²) in [5, 5.41) is 18.5. The predicted molar refractivity (Wildman–Crippen MR) is 167 cm³/mol. The molecule has 1 aliphatic heterocycles. The maximum absolute atomic E-state index is 12.9. The molecule has 0 unspecified atom stereocenters. The number of aromatic hydroxyl groups is 1. The molecule has 0 saturated carbocycles. The van der Waals surface area contributed by atoms with Crippen LogP contribution in [0.25, 0.3) is 10.8 Å². The summed E-state index contributed by atoms with van der Waals surface area (Å²) in [5.41, 5.74) is 0.933. The minimum atomic E-state index is -3.56. The van der Waals surface area contributed by atoms with Crippen LogP contribution in [0.3, 0.4) is 0 Å². The van der Waals surface area contributed by atoms with Gasteiger partial charge in [0.05, 0.1) is 33.8 Å². The van der Waals surface area contributed by atoms with Crippen LogP contribution in [0.1, 0.15) is 40.5 Å². The van der Waals surface area contributed by atoms with Crippen molar-refractivity contribution in [1.82, 2.24) is 19.4 Å². The fourth-order valence-electron chi connectivity index (χ4n) is 4.99. The van der Waals surface area contributed by atoms with Crippen molar-refractivity contribution in [2.24, 2.45) is 0 Å². The van der Waals surface area contributed by atoms with E-state index in [0.29, 0.717) is 29.1 Å². The molecule has 0 aliphatic carbocycles. The molecule has 10 nitrogen and oxygen atoms in total. The van der Waals surface area contributed by atoms with Crippen molar-refractivity contribution in [2.75, 3.05) is 30.3 Å². The van der Waals surface area contributed by atoms with Crippen molar-refractivity contribution in [1.29, 1.82) is 0 Å². The number of nitrogens with one attached hydrogen (secondary N) is 2. The van der Waals surface area contributed by atoms with Gasteiger partial charge in [-0.25, -0.2) is 13.4 Å². The largest absolute Gasteiger partial charge is 0.494 e. The molecule has 1 saturated heterocycles. The molecule has 0 spiro atoms. The third-order valence-corrected chi connectivity index (χ3v) is 9.72. The average molecular weight is 613 g/mol. The summed E-state index contributed by atoms with van der Waals surface area (Å²) in [6.07, 6.45) is 5.72. The van der Waals surface area contributed by atoms with Gasteiger partial charge >= 0.3 is 0 Å². The van der Waals surface area contributed by atoms with E-state index in [1.54, 1.807) is 38.1 Å². The van der Waals surface area contributed by atoms with Crippen LogP contribution in [0.2, 0.25) is 5.02 Å². The van der Waals surface area contributed by atoms with Crippen molar-refractivity contribution < 1.29 is 18.3 Å². The maximum Gasteiger partial charge on any atom is 0.229 e. The zero-order valence-electron chi connectivity index (χ0n) is 24.3. The Kier molecular flexibility index (Phi) is 8.81. The Morgan fingerprint density at radius 2 is 1.79 bits per heavy atom. The Bertz CT molecular complexity index is 1680. The Labute approximate surface area is 251 Å². The molecule has 0 radical (unpaired) electrons. The van der Waals surface area contributed by atoms with Gasteiger partial charge in [-0.05, 0) is 77.9 Å². The summed E-state index contributed by atoms with van der Waals surface area (Å²) in [6.45, 7) is 10.9. The predicted octanol–water partition coefficient (Wildman–Crippen LogP) is 6.34. The zero-order chi connectivity index (χ0) is 30.0. The fourth-order valence-corrected chi connectivity index (χ4v) is 6.33. The molecule has 0 amide bonds. The monoisotopic (exact) mass is 612 g/mol. The van der Waals surface area contributed by atoms with Gasteiger partial charge in [0.25, 0.3) is 0 Å². The lowest BCUT2D eigenvalue weighted by molar-refractivity contribution is 0.244. The Hall–Kier alpha value is -3.54. The number of ether oxygens (including phenoxy) is 1. The van der Waals surface area contributed by atoms with Gasteiger partial charge in [0.1, 0.15) is 10.8 Å². The van der Waals surface area contributed by atoms with E-state index in [1.807, 2.05) is 36.7 Å². The lowest BCUT2D eigenvalue weighted by atomic mass is 10.2. The van der Waals surface area contributed by atoms with Crippen LogP contribution in [0.4, 0.5) is 23.1 Å². The number of halogens is 1. The van der Waals surface area contributed by atoms with Crippen molar-refractivity contribution in [3.05, 3.63) is 53.8 Å². The molecule has 3 N–H and O–H groups in total. The van der Waals surface area contributed by atoms with Gasteiger partial charge < -0.3 is 29.9 Å². The SMILES string of the molecule is CC(C)Oc1cc2cn(CCN3CCCC3)c(O)c2cc1Nc1ncc(Cl)c(Nc2ccccc2S(=O)(=O)C(C)C)n1. The number of rotatable bonds is 11. The number of likely N-dealkylation sites (tertiary alicyclic amines) is 1. The van der Waals surface area contributed by atoms with E-state index in [1.165, 1.54) is 19.0 Å². The summed E-state index contributed by atoms with van der Waals surface area (Å²) in [5.74, 6) is 1.22. The number of fused-ring (bicyclic) bond motifs is 1. The van der Waals surface area contributed by atoms with Crippen LogP contribution in [-0.2, 0) is 16.4 Å². The molecule has 3 heterocycles. The smallest absolute Gasteiger partial charge is 0.229 e. The standard InChI is InChI=1S/C30H37ClN6O4S/c1-19(2)41-26-15-21-18-37(14-13-36-11-7-8-12-36)29(38)22(21)16-25(26)34-30-32-17-23(31)28(35-30)33-24-9-5-6-10-27(24)42(39,40)20(3)4/h5-6,9-10,15-20,38H,7-8,11-14H2,1-4H3,(H2,32,33,34,35). The summed E-state index contributed by atoms with van der Waals surface area (Å²) in [6, 6.07) is 10.4. The van der Waals surface area contributed by atoms with Gasteiger partial charge in [0, 0.05) is 30.1 Å². The lowest BCUT2D eigenvalue weighted by Gasteiger charge is -2.17. The second-order valence-corrected chi connectivity index (χ2v) is 13.9. The molecule has 42 heavy (non-hydrogen) atoms. The molecule has 1 aliphatic rings. The topological polar surface area (TPSA) is 122 Å². The third kappa shape index (κ3) is 6.43. The first-order valence-electron chi connectivity index (χ1n) is 14.2. The number of hydrogen-bond acceptors (Lipinski definition) is 9. The molecular formula is C30H37ClN6O4S. The third-order valence-electron chi connectivity index (χ3n) is 7.24. The van der Waals surface area contributed by atoms with E-state index >= 15 is 0 Å². The normalized spacial score (nSPS) is 14.3. The Morgan fingerprint density at radius 1 is 1.05 bits per heavy atom. The molecule has 0 bridgehead atoms. The molecule has 2 aromatic heterocycles. The van der Waals surface area contributed by atoms with Crippen molar-refractivity contribution >= 4 is 55.4 Å². The van der Waals surface area contributed by atoms with E-state index < -0.39 is 15.1 Å². The first-order chi connectivity index (χ1) is 20.0. The highest BCUT2D eigenvalue weighted by molar-refractivity contribution is 7.92. The molecule has 1 fully saturated rings. The summed E-state index contributed by atoms with van der Waals surface area (Å²) in [4.78, 5) is 11.4. The van der Waals surface area contributed by atoms with Crippen LogP contribution in [0.15, 0.2) is 53.7 Å². The van der Waals surface area contributed by atoms with Crippen LogP contribution >= 0.6 is 11.6 Å². The first-order valence-corrected chi connectivity index (χ1v) is 16.1. The van der Waals surface area contributed by atoms with Crippen LogP contribution in [0, 0.1) is 0 Å². The van der Waals surface area contributed by atoms with E-state index in [9.17, 15) is 13.5 Å². The van der Waals surface area contributed by atoms with Gasteiger partial charge in [0.2, 0.25) is 5.95 Å². The van der Waals surface area contributed by atoms with Crippen molar-refractivity contribution in [2.45, 2.75) is 63.3 Å². The Morgan fingerprint density at radius 3 is 2.50 bits per heavy atom. The minimum absolute atomic E-state index is 0.100. The second kappa shape index (κ2) is 12.4. The van der Waals surface area contributed by atoms with Crippen LogP contribution < -0.4 is 15.4 Å². The van der Waals surface area contributed by atoms with Crippen molar-refractivity contribution in [3.8, 4) is 11.6 Å². The molecular weight excluding hydrogens is 576 g/mol. The summed E-state index contributed by atoms with van der Waals surface area (Å²) in [7, 11) is -3.56. The molecule has 12 heteroatoms. The highest BCUT2D eigenvalue weighted by Crippen LogP contribution is 2.38. The number of benzene rings is 2. The van der Waals surface area contributed by atoms with Crippen molar-refractivity contribution in [3.63, 3.8) is 0 Å². The number of anilines is 4. The number of hydrogen-bond donors (Lipinski definition) is 3. The summed E-state index contributed by atoms with van der Waals surface area (Å²) < 4.78 is 33.9. The zero-order valence-corrected chi connectivity index (χ0v) is 25.8. The number of aromatic nitrogens is 3. The van der Waals surface area contributed by atoms with Gasteiger partial charge in [0.15, 0.2) is 21.5 Å². The van der Waals surface area contributed by atoms with Crippen LogP contribution in [-0.4, -0.2) is 63.9 Å². The second-order valence-electron chi connectivity index (χ2n) is 11.0. The molecule has 2 aromatic carbocycles. The number of sulfone groups is 1. The highest BCUT2D eigenvalue weighted by atomic mass is 35.5. The first kappa shape index (κ1) is 29.9.